The second-order valence-electron chi connectivity index (χ2n) is 6.41. The molecule has 0 bridgehead atoms. The highest BCUT2D eigenvalue weighted by Gasteiger charge is 2.26. The van der Waals surface area contributed by atoms with Gasteiger partial charge in [-0.3, -0.25) is 14.9 Å². The predicted octanol–water partition coefficient (Wildman–Crippen LogP) is 3.14. The van der Waals surface area contributed by atoms with Crippen LogP contribution < -0.4 is 15.0 Å². The van der Waals surface area contributed by atoms with E-state index in [4.69, 9.17) is 4.74 Å². The molecule has 1 N–H and O–H groups in total. The summed E-state index contributed by atoms with van der Waals surface area (Å²) >= 11 is 0. The van der Waals surface area contributed by atoms with Crippen molar-refractivity contribution in [2.75, 3.05) is 25.1 Å². The monoisotopic (exact) mass is 373 g/mol. The number of nitro benzene ring substituents is 1. The summed E-state index contributed by atoms with van der Waals surface area (Å²) in [5.41, 5.74) is 0.459. The summed E-state index contributed by atoms with van der Waals surface area (Å²) in [5.74, 6) is -0.637. The summed E-state index contributed by atoms with van der Waals surface area (Å²) in [4.78, 5) is 24.7. The van der Waals surface area contributed by atoms with Crippen molar-refractivity contribution in [1.29, 1.82) is 0 Å². The number of halogens is 1. The van der Waals surface area contributed by atoms with E-state index in [0.29, 0.717) is 12.2 Å². The first-order valence-electron chi connectivity index (χ1n) is 8.63. The number of carbonyl (C=O) groups is 1. The number of likely N-dealkylation sites (N-methyl/N-ethyl adjacent to an activating group) is 1. The number of rotatable bonds is 8. The number of anilines is 1. The fourth-order valence-electron chi connectivity index (χ4n) is 2.60. The van der Waals surface area contributed by atoms with E-state index in [1.54, 1.807) is 36.2 Å². The summed E-state index contributed by atoms with van der Waals surface area (Å²) in [6.45, 7) is 0.460. The van der Waals surface area contributed by atoms with Gasteiger partial charge in [-0.2, -0.15) is 0 Å². The molecule has 0 saturated heterocycles. The van der Waals surface area contributed by atoms with Crippen molar-refractivity contribution in [3.05, 3.63) is 64.0 Å². The van der Waals surface area contributed by atoms with Crippen molar-refractivity contribution < 1.29 is 18.8 Å². The molecule has 3 rings (SSSR count). The van der Waals surface area contributed by atoms with Gasteiger partial charge in [0, 0.05) is 24.7 Å². The van der Waals surface area contributed by atoms with Crippen LogP contribution in [0.15, 0.2) is 42.5 Å². The van der Waals surface area contributed by atoms with Crippen LogP contribution in [-0.4, -0.2) is 37.1 Å². The number of hydrogen-bond acceptors (Lipinski definition) is 5. The van der Waals surface area contributed by atoms with Crippen LogP contribution in [0.5, 0.6) is 5.75 Å². The highest BCUT2D eigenvalue weighted by molar-refractivity contribution is 5.96. The molecule has 0 unspecified atom stereocenters. The van der Waals surface area contributed by atoms with Crippen LogP contribution in [0, 0.1) is 15.9 Å². The van der Waals surface area contributed by atoms with E-state index in [2.05, 4.69) is 5.32 Å². The Hall–Kier alpha value is -3.16. The van der Waals surface area contributed by atoms with Crippen molar-refractivity contribution in [2.45, 2.75) is 18.9 Å². The average Bonchev–Trinajstić information content (AvgIpc) is 3.46. The Labute approximate surface area is 155 Å². The third-order valence-corrected chi connectivity index (χ3v) is 4.28. The smallest absolute Gasteiger partial charge is 0.293 e. The summed E-state index contributed by atoms with van der Waals surface area (Å²) in [7, 11) is 1.68. The Kier molecular flexibility index (Phi) is 5.54. The highest BCUT2D eigenvalue weighted by Crippen LogP contribution is 2.29. The Morgan fingerprint density at radius 2 is 2.07 bits per heavy atom. The maximum absolute atomic E-state index is 13.6. The molecule has 0 aromatic heterocycles. The zero-order chi connectivity index (χ0) is 19.4. The fourth-order valence-corrected chi connectivity index (χ4v) is 2.60. The van der Waals surface area contributed by atoms with Crippen LogP contribution in [0.4, 0.5) is 15.8 Å². The minimum Gasteiger partial charge on any atom is -0.489 e. The quantitative estimate of drug-likeness (QED) is 0.568. The second kappa shape index (κ2) is 8.03. The number of ether oxygens (including phenoxy) is 1. The lowest BCUT2D eigenvalue weighted by atomic mass is 10.1. The van der Waals surface area contributed by atoms with Crippen molar-refractivity contribution >= 4 is 17.3 Å². The molecule has 1 aliphatic rings. The zero-order valence-electron chi connectivity index (χ0n) is 14.9. The predicted molar refractivity (Wildman–Crippen MR) is 98.7 cm³/mol. The fraction of sp³-hybridized carbons (Fsp3) is 0.316. The number of hydrogen-bond donors (Lipinski definition) is 1. The molecule has 1 fully saturated rings. The first kappa shape index (κ1) is 18.6. The molecule has 2 aromatic rings. The van der Waals surface area contributed by atoms with Gasteiger partial charge >= 0.3 is 0 Å². The number of benzene rings is 2. The van der Waals surface area contributed by atoms with Gasteiger partial charge < -0.3 is 15.0 Å². The largest absolute Gasteiger partial charge is 0.489 e. The Bertz CT molecular complexity index is 855. The molecule has 7 nitrogen and oxygen atoms in total. The minimum atomic E-state index is -0.516. The van der Waals surface area contributed by atoms with Crippen LogP contribution in [-0.2, 0) is 0 Å². The van der Waals surface area contributed by atoms with Gasteiger partial charge in [0.2, 0.25) is 0 Å². The lowest BCUT2D eigenvalue weighted by molar-refractivity contribution is -0.384. The van der Waals surface area contributed by atoms with Gasteiger partial charge in [0.1, 0.15) is 12.3 Å². The van der Waals surface area contributed by atoms with Gasteiger partial charge in [0.15, 0.2) is 11.6 Å². The summed E-state index contributed by atoms with van der Waals surface area (Å²) in [5, 5.41) is 14.3. The SMILES string of the molecule is CN(CCOc1ccccc1F)c1ccc(C(=O)NC2CC2)cc1[N+](=O)[O-]. The maximum atomic E-state index is 13.6. The van der Waals surface area contributed by atoms with Gasteiger partial charge in [0.25, 0.3) is 11.6 Å². The van der Waals surface area contributed by atoms with Crippen LogP contribution in [0.3, 0.4) is 0 Å². The van der Waals surface area contributed by atoms with E-state index in [1.165, 1.54) is 18.2 Å². The van der Waals surface area contributed by atoms with E-state index in [0.717, 1.165) is 12.8 Å². The highest BCUT2D eigenvalue weighted by atomic mass is 19.1. The normalized spacial score (nSPS) is 13.1. The van der Waals surface area contributed by atoms with Gasteiger partial charge in [-0.1, -0.05) is 12.1 Å². The number of nitro groups is 1. The molecule has 0 spiro atoms. The van der Waals surface area contributed by atoms with Gasteiger partial charge in [0.05, 0.1) is 11.5 Å². The molecular weight excluding hydrogens is 353 g/mol. The van der Waals surface area contributed by atoms with Gasteiger partial charge in [-0.05, 0) is 37.1 Å². The first-order valence-corrected chi connectivity index (χ1v) is 8.63. The second-order valence-corrected chi connectivity index (χ2v) is 6.41. The van der Waals surface area contributed by atoms with Crippen molar-refractivity contribution in [1.82, 2.24) is 5.32 Å². The molecule has 2 aromatic carbocycles. The van der Waals surface area contributed by atoms with Crippen LogP contribution in [0.2, 0.25) is 0 Å². The Balaban J connectivity index is 1.67. The Morgan fingerprint density at radius 1 is 1.33 bits per heavy atom. The number of para-hydroxylation sites is 1. The summed E-state index contributed by atoms with van der Waals surface area (Å²) in [6, 6.07) is 10.6. The van der Waals surface area contributed by atoms with Crippen molar-refractivity contribution in [3.63, 3.8) is 0 Å². The first-order chi connectivity index (χ1) is 13.0. The van der Waals surface area contributed by atoms with E-state index in [9.17, 15) is 19.3 Å². The van der Waals surface area contributed by atoms with Gasteiger partial charge in [-0.25, -0.2) is 4.39 Å². The molecular formula is C19H20FN3O4. The third kappa shape index (κ3) is 4.72. The molecule has 142 valence electrons. The summed E-state index contributed by atoms with van der Waals surface area (Å²) < 4.78 is 18.9. The number of carbonyl (C=O) groups excluding carboxylic acids is 1. The summed E-state index contributed by atoms with van der Waals surface area (Å²) in [6.07, 6.45) is 1.88. The molecule has 0 heterocycles. The van der Waals surface area contributed by atoms with E-state index < -0.39 is 10.7 Å². The van der Waals surface area contributed by atoms with E-state index in [1.807, 2.05) is 0 Å². The van der Waals surface area contributed by atoms with Crippen LogP contribution >= 0.6 is 0 Å². The standard InChI is InChI=1S/C19H20FN3O4/c1-22(10-11-27-18-5-3-2-4-15(18)20)16-9-6-13(12-17(16)23(25)26)19(24)21-14-7-8-14/h2-6,9,12,14H,7-8,10-11H2,1H3,(H,21,24). The molecule has 0 aliphatic heterocycles. The Morgan fingerprint density at radius 3 is 2.74 bits per heavy atom. The molecule has 1 amide bonds. The number of nitrogens with one attached hydrogen (secondary N) is 1. The zero-order valence-corrected chi connectivity index (χ0v) is 14.9. The third-order valence-electron chi connectivity index (χ3n) is 4.28. The number of nitrogens with zero attached hydrogens (tertiary/aromatic N) is 2. The van der Waals surface area contributed by atoms with Gasteiger partial charge in [-0.15, -0.1) is 0 Å². The number of amides is 1. The molecule has 8 heteroatoms. The van der Waals surface area contributed by atoms with Crippen LogP contribution in [0.1, 0.15) is 23.2 Å². The topological polar surface area (TPSA) is 84.7 Å². The minimum absolute atomic E-state index is 0.132. The molecule has 0 atom stereocenters. The molecule has 0 radical (unpaired) electrons. The van der Waals surface area contributed by atoms with Crippen LogP contribution in [0.25, 0.3) is 0 Å². The molecule has 1 saturated carbocycles. The van der Waals surface area contributed by atoms with Crippen molar-refractivity contribution in [2.24, 2.45) is 0 Å². The molecule has 1 aliphatic carbocycles. The molecule has 27 heavy (non-hydrogen) atoms. The van der Waals surface area contributed by atoms with E-state index >= 15 is 0 Å². The maximum Gasteiger partial charge on any atom is 0.293 e. The van der Waals surface area contributed by atoms with E-state index in [-0.39, 0.29) is 35.6 Å². The average molecular weight is 373 g/mol. The lowest BCUT2D eigenvalue weighted by Crippen LogP contribution is -2.27. The van der Waals surface area contributed by atoms with Crippen molar-refractivity contribution in [3.8, 4) is 5.75 Å². The lowest BCUT2D eigenvalue weighted by Gasteiger charge is -2.20.